The van der Waals surface area contributed by atoms with Crippen molar-refractivity contribution in [1.82, 2.24) is 0 Å². The Morgan fingerprint density at radius 3 is 0.953 bits per heavy atom. The fraction of sp³-hybridized carbons (Fsp3) is 0.622. The summed E-state index contributed by atoms with van der Waals surface area (Å²) in [5.41, 5.74) is 2.79. The third-order valence-corrected chi connectivity index (χ3v) is 7.65. The van der Waals surface area contributed by atoms with Gasteiger partial charge in [0, 0.05) is 46.2 Å². The second-order valence-corrected chi connectivity index (χ2v) is 16.3. The Balaban J connectivity index is 2.08. The van der Waals surface area contributed by atoms with Crippen molar-refractivity contribution in [3.8, 4) is 11.5 Å². The number of ketones is 2. The molecule has 2 aromatic carbocycles. The first-order chi connectivity index (χ1) is 19.3. The maximum atomic E-state index is 13.2. The number of Topliss-reactive ketones (excluding diaryl/α,β-unsaturated/α-hetero) is 2. The molecule has 0 saturated heterocycles. The van der Waals surface area contributed by atoms with Gasteiger partial charge in [0.25, 0.3) is 0 Å². The summed E-state index contributed by atoms with van der Waals surface area (Å²) in [6.07, 6.45) is 0.310. The number of ether oxygens (including phenoxy) is 2. The van der Waals surface area contributed by atoms with Gasteiger partial charge in [0.15, 0.2) is 17.4 Å². The van der Waals surface area contributed by atoms with Crippen molar-refractivity contribution >= 4 is 11.6 Å². The number of benzene rings is 2. The minimum absolute atomic E-state index is 0.0707. The molecular weight excluding hydrogens is 540 g/mol. The van der Waals surface area contributed by atoms with Crippen LogP contribution in [0.2, 0.25) is 0 Å². The highest BCUT2D eigenvalue weighted by Gasteiger charge is 2.30. The first-order valence-electron chi connectivity index (χ1n) is 15.4. The van der Waals surface area contributed by atoms with Crippen LogP contribution in [0.3, 0.4) is 0 Å². The van der Waals surface area contributed by atoms with E-state index in [-0.39, 0.29) is 70.8 Å². The third-order valence-electron chi connectivity index (χ3n) is 7.65. The Bertz CT molecular complexity index is 1150. The van der Waals surface area contributed by atoms with Crippen LogP contribution in [0.25, 0.3) is 0 Å². The summed E-state index contributed by atoms with van der Waals surface area (Å²) < 4.78 is 11.9. The second-order valence-electron chi connectivity index (χ2n) is 16.3. The molecule has 6 heteroatoms. The van der Waals surface area contributed by atoms with Gasteiger partial charge in [0.1, 0.15) is 11.5 Å². The van der Waals surface area contributed by atoms with E-state index in [0.717, 1.165) is 22.3 Å². The summed E-state index contributed by atoms with van der Waals surface area (Å²) in [4.78, 5) is 26.4. The van der Waals surface area contributed by atoms with Crippen LogP contribution in [0, 0.1) is 0 Å². The molecule has 0 amide bonds. The van der Waals surface area contributed by atoms with Crippen molar-refractivity contribution in [2.75, 3.05) is 13.2 Å². The van der Waals surface area contributed by atoms with Crippen LogP contribution in [0.4, 0.5) is 0 Å². The smallest absolute Gasteiger partial charge is 0.165 e. The highest BCUT2D eigenvalue weighted by atomic mass is 16.7. The minimum Gasteiger partial charge on any atom is -0.507 e. The van der Waals surface area contributed by atoms with Crippen molar-refractivity contribution in [2.45, 2.75) is 137 Å². The van der Waals surface area contributed by atoms with Crippen molar-refractivity contribution in [1.29, 1.82) is 0 Å². The fourth-order valence-corrected chi connectivity index (χ4v) is 4.99. The molecule has 0 heterocycles. The van der Waals surface area contributed by atoms with Gasteiger partial charge >= 0.3 is 0 Å². The van der Waals surface area contributed by atoms with Gasteiger partial charge in [-0.25, -0.2) is 0 Å². The molecule has 0 radical (unpaired) electrons. The molecule has 0 aliphatic heterocycles. The Morgan fingerprint density at radius 1 is 0.512 bits per heavy atom. The molecule has 0 aliphatic carbocycles. The van der Waals surface area contributed by atoms with E-state index in [1.54, 1.807) is 38.1 Å². The highest BCUT2D eigenvalue weighted by molar-refractivity contribution is 5.97. The molecular formula is C37H56O6. The summed E-state index contributed by atoms with van der Waals surface area (Å²) >= 11 is 0. The summed E-state index contributed by atoms with van der Waals surface area (Å²) in [5.74, 6) is -0.649. The predicted octanol–water partition coefficient (Wildman–Crippen LogP) is 8.90. The summed E-state index contributed by atoms with van der Waals surface area (Å²) in [5, 5.41) is 21.9. The van der Waals surface area contributed by atoms with Gasteiger partial charge in [-0.05, 0) is 59.8 Å². The molecule has 0 saturated carbocycles. The number of rotatable bonds is 10. The zero-order valence-electron chi connectivity index (χ0n) is 29.2. The lowest BCUT2D eigenvalue weighted by atomic mass is 9.78. The molecule has 0 bridgehead atoms. The number of hydrogen-bond donors (Lipinski definition) is 2. The maximum absolute atomic E-state index is 13.2. The summed E-state index contributed by atoms with van der Waals surface area (Å²) in [6, 6.07) is 7.17. The van der Waals surface area contributed by atoms with Gasteiger partial charge in [-0.2, -0.15) is 0 Å². The van der Waals surface area contributed by atoms with Gasteiger partial charge in [-0.1, -0.05) is 83.1 Å². The molecule has 0 atom stereocenters. The average molecular weight is 597 g/mol. The number of carbonyl (C=O) groups is 2. The Morgan fingerprint density at radius 2 is 0.744 bits per heavy atom. The van der Waals surface area contributed by atoms with Gasteiger partial charge in [-0.3, -0.25) is 9.59 Å². The number of phenolic OH excluding ortho intramolecular Hbond substituents is 2. The second kappa shape index (κ2) is 12.7. The lowest BCUT2D eigenvalue weighted by molar-refractivity contribution is -0.211. The molecule has 43 heavy (non-hydrogen) atoms. The molecule has 2 N–H and O–H groups in total. The number of phenols is 2. The maximum Gasteiger partial charge on any atom is 0.165 e. The van der Waals surface area contributed by atoms with E-state index in [2.05, 4.69) is 0 Å². The molecule has 0 aromatic heterocycles. The van der Waals surface area contributed by atoms with Crippen LogP contribution >= 0.6 is 0 Å². The van der Waals surface area contributed by atoms with E-state index < -0.39 is 5.79 Å². The van der Waals surface area contributed by atoms with Crippen LogP contribution in [0.15, 0.2) is 24.3 Å². The first kappa shape index (κ1) is 36.5. The van der Waals surface area contributed by atoms with Gasteiger partial charge in [0.2, 0.25) is 0 Å². The third kappa shape index (κ3) is 9.64. The molecule has 2 rings (SSSR count). The van der Waals surface area contributed by atoms with E-state index in [4.69, 9.17) is 9.47 Å². The summed E-state index contributed by atoms with van der Waals surface area (Å²) in [6.45, 7) is 28.1. The van der Waals surface area contributed by atoms with Crippen molar-refractivity contribution in [2.24, 2.45) is 0 Å². The molecule has 0 fully saturated rings. The van der Waals surface area contributed by atoms with Crippen molar-refractivity contribution in [3.63, 3.8) is 0 Å². The zero-order valence-corrected chi connectivity index (χ0v) is 29.2. The Labute approximate surface area is 260 Å². The van der Waals surface area contributed by atoms with E-state index in [1.807, 2.05) is 83.1 Å². The van der Waals surface area contributed by atoms with E-state index in [0.29, 0.717) is 11.1 Å². The van der Waals surface area contributed by atoms with Crippen molar-refractivity contribution in [3.05, 3.63) is 57.6 Å². The van der Waals surface area contributed by atoms with Crippen molar-refractivity contribution < 1.29 is 29.3 Å². The minimum atomic E-state index is -0.995. The van der Waals surface area contributed by atoms with E-state index >= 15 is 0 Å². The number of aromatic hydroxyl groups is 2. The largest absolute Gasteiger partial charge is 0.507 e. The molecule has 240 valence electrons. The normalized spacial score (nSPS) is 13.3. The number of hydrogen-bond acceptors (Lipinski definition) is 6. The Hall–Kier alpha value is -2.70. The molecule has 0 unspecified atom stereocenters. The van der Waals surface area contributed by atoms with Crippen LogP contribution in [0.1, 0.15) is 153 Å². The quantitative estimate of drug-likeness (QED) is 0.210. The lowest BCUT2D eigenvalue weighted by Crippen LogP contribution is -2.30. The SMILES string of the molecule is CC(C)(OCCC(=O)c1cc(C(C)(C)C)c(O)c(C(C)(C)C)c1)OCCC(=O)c1cc(C(C)(C)C)c(O)c(C(C)(C)C)c1. The molecule has 6 nitrogen and oxygen atoms in total. The average Bonchev–Trinajstić information content (AvgIpc) is 2.80. The Kier molecular flexibility index (Phi) is 10.8. The van der Waals surface area contributed by atoms with Gasteiger partial charge < -0.3 is 19.7 Å². The van der Waals surface area contributed by atoms with Crippen LogP contribution < -0.4 is 0 Å². The van der Waals surface area contributed by atoms with Gasteiger partial charge in [0.05, 0.1) is 13.2 Å². The molecule has 2 aromatic rings. The fourth-order valence-electron chi connectivity index (χ4n) is 4.99. The molecule has 0 spiro atoms. The van der Waals surface area contributed by atoms with Crippen LogP contribution in [-0.4, -0.2) is 40.8 Å². The zero-order chi connectivity index (χ0) is 33.3. The molecule has 0 aliphatic rings. The van der Waals surface area contributed by atoms with Crippen LogP contribution in [-0.2, 0) is 31.1 Å². The topological polar surface area (TPSA) is 93.1 Å². The first-order valence-corrected chi connectivity index (χ1v) is 15.4. The summed E-state index contributed by atoms with van der Waals surface area (Å²) in [7, 11) is 0. The monoisotopic (exact) mass is 596 g/mol. The number of carbonyl (C=O) groups excluding carboxylic acids is 2. The standard InChI is InChI=1S/C37H56O6/c1-33(2,3)25-19-23(20-26(31(25)40)34(4,5)6)29(38)15-17-42-37(13,14)43-18-16-30(39)24-21-27(35(7,8)9)32(41)28(22-24)36(10,11)12/h19-22,40-41H,15-18H2,1-14H3. The highest BCUT2D eigenvalue weighted by Crippen LogP contribution is 2.41. The van der Waals surface area contributed by atoms with E-state index in [1.165, 1.54) is 0 Å². The van der Waals surface area contributed by atoms with Gasteiger partial charge in [-0.15, -0.1) is 0 Å². The predicted molar refractivity (Wildman–Crippen MR) is 175 cm³/mol. The lowest BCUT2D eigenvalue weighted by Gasteiger charge is -2.28. The van der Waals surface area contributed by atoms with E-state index in [9.17, 15) is 19.8 Å². The van der Waals surface area contributed by atoms with Crippen LogP contribution in [0.5, 0.6) is 11.5 Å².